The summed E-state index contributed by atoms with van der Waals surface area (Å²) in [5, 5.41) is 12.4. The molecule has 6 heteroatoms. The van der Waals surface area contributed by atoms with E-state index < -0.39 is 9.75 Å². The predicted molar refractivity (Wildman–Crippen MR) is 74.3 cm³/mol. The Morgan fingerprint density at radius 1 is 1.50 bits per heavy atom. The minimum atomic E-state index is -0.995. The van der Waals surface area contributed by atoms with Gasteiger partial charge in [0.25, 0.3) is 0 Å². The highest BCUT2D eigenvalue weighted by atomic mass is 35.5. The fraction of sp³-hybridized carbons (Fsp3) is 0.500. The summed E-state index contributed by atoms with van der Waals surface area (Å²) in [5.41, 5.74) is 0.654. The molecule has 1 aromatic rings. The maximum Gasteiger partial charge on any atom is 0.234 e. The number of hydrogen-bond donors (Lipinski definition) is 1. The number of nitrogens with one attached hydrogen (secondary N) is 1. The van der Waals surface area contributed by atoms with E-state index in [0.717, 1.165) is 10.4 Å². The summed E-state index contributed by atoms with van der Waals surface area (Å²) in [5.74, 6) is -0.231. The lowest BCUT2D eigenvalue weighted by Gasteiger charge is -2.11. The fourth-order valence-electron chi connectivity index (χ4n) is 1.74. The van der Waals surface area contributed by atoms with Crippen molar-refractivity contribution in [1.82, 2.24) is 0 Å². The number of nitriles is 1. The van der Waals surface area contributed by atoms with Crippen LogP contribution in [0.25, 0.3) is 0 Å². The molecule has 2 rings (SSSR count). The van der Waals surface area contributed by atoms with Crippen LogP contribution in [0.3, 0.4) is 0 Å². The van der Waals surface area contributed by atoms with Crippen LogP contribution in [-0.2, 0) is 4.79 Å². The first-order valence-corrected chi connectivity index (χ1v) is 6.99. The molecule has 0 bridgehead atoms. The summed E-state index contributed by atoms with van der Waals surface area (Å²) in [6.45, 7) is 5.51. The number of carbonyl (C=O) groups is 1. The number of anilines is 1. The lowest BCUT2D eigenvalue weighted by atomic mass is 10.1. The zero-order valence-corrected chi connectivity index (χ0v) is 12.6. The van der Waals surface area contributed by atoms with Crippen molar-refractivity contribution < 1.29 is 4.79 Å². The van der Waals surface area contributed by atoms with E-state index in [1.165, 1.54) is 11.3 Å². The minimum absolute atomic E-state index is 0.231. The number of aryl methyl sites for hydroxylation is 1. The van der Waals surface area contributed by atoms with Crippen molar-refractivity contribution in [3.05, 3.63) is 16.0 Å². The number of carbonyl (C=O) groups excluding carboxylic acids is 1. The van der Waals surface area contributed by atoms with Gasteiger partial charge in [0.1, 0.15) is 15.4 Å². The molecule has 1 aliphatic carbocycles. The SMILES string of the molecule is Cc1sc(NC(=O)[C@]2(C)CC2(Cl)Cl)c(C#N)c1C. The average Bonchev–Trinajstić information content (AvgIpc) is 2.67. The molecular weight excluding hydrogens is 291 g/mol. The van der Waals surface area contributed by atoms with E-state index in [9.17, 15) is 4.79 Å². The predicted octanol–water partition coefficient (Wildman–Crippen LogP) is 3.76. The summed E-state index contributed by atoms with van der Waals surface area (Å²) >= 11 is 13.3. The molecule has 1 amide bonds. The van der Waals surface area contributed by atoms with E-state index in [1.54, 1.807) is 6.92 Å². The van der Waals surface area contributed by atoms with Crippen LogP contribution < -0.4 is 5.32 Å². The lowest BCUT2D eigenvalue weighted by Crippen LogP contribution is -2.25. The molecule has 1 aromatic heterocycles. The topological polar surface area (TPSA) is 52.9 Å². The molecule has 0 radical (unpaired) electrons. The number of rotatable bonds is 2. The number of alkyl halides is 2. The number of nitrogens with zero attached hydrogens (tertiary/aromatic N) is 1. The quantitative estimate of drug-likeness (QED) is 0.846. The lowest BCUT2D eigenvalue weighted by molar-refractivity contribution is -0.120. The van der Waals surface area contributed by atoms with Crippen LogP contribution in [-0.4, -0.2) is 10.2 Å². The van der Waals surface area contributed by atoms with Gasteiger partial charge in [0.2, 0.25) is 5.91 Å². The molecule has 0 spiro atoms. The van der Waals surface area contributed by atoms with Gasteiger partial charge in [0, 0.05) is 4.88 Å². The molecule has 1 aliphatic rings. The van der Waals surface area contributed by atoms with Crippen LogP contribution in [0.5, 0.6) is 0 Å². The molecule has 3 nitrogen and oxygen atoms in total. The molecule has 0 unspecified atom stereocenters. The largest absolute Gasteiger partial charge is 0.316 e. The number of hydrogen-bond acceptors (Lipinski definition) is 3. The second-order valence-corrected chi connectivity index (χ2v) is 7.48. The van der Waals surface area contributed by atoms with E-state index in [2.05, 4.69) is 11.4 Å². The van der Waals surface area contributed by atoms with Gasteiger partial charge in [0.05, 0.1) is 11.0 Å². The molecule has 1 atom stereocenters. The van der Waals surface area contributed by atoms with Crippen LogP contribution in [0.4, 0.5) is 5.00 Å². The van der Waals surface area contributed by atoms with Crippen molar-refractivity contribution in [3.8, 4) is 6.07 Å². The van der Waals surface area contributed by atoms with Crippen molar-refractivity contribution in [2.24, 2.45) is 5.41 Å². The maximum atomic E-state index is 12.1. The number of thiophene rings is 1. The Hall–Kier alpha value is -0.760. The van der Waals surface area contributed by atoms with Crippen molar-refractivity contribution >= 4 is 45.4 Å². The number of amides is 1. The summed E-state index contributed by atoms with van der Waals surface area (Å²) < 4.78 is -0.995. The smallest absolute Gasteiger partial charge is 0.234 e. The van der Waals surface area contributed by atoms with Gasteiger partial charge in [0.15, 0.2) is 0 Å². The molecule has 1 heterocycles. The van der Waals surface area contributed by atoms with E-state index >= 15 is 0 Å². The Balaban J connectivity index is 2.24. The standard InChI is InChI=1S/C12H12Cl2N2OS/c1-6-7(2)18-9(8(6)4-15)16-10(17)11(3)5-12(11,13)14/h5H2,1-3H3,(H,16,17)/t11-/m0/s1. The Labute approximate surface area is 120 Å². The fourth-order valence-corrected chi connectivity index (χ4v) is 3.45. The summed E-state index contributed by atoms with van der Waals surface area (Å²) in [4.78, 5) is 13.1. The Morgan fingerprint density at radius 2 is 2.06 bits per heavy atom. The minimum Gasteiger partial charge on any atom is -0.316 e. The van der Waals surface area contributed by atoms with Crippen molar-refractivity contribution in [3.63, 3.8) is 0 Å². The van der Waals surface area contributed by atoms with Crippen LogP contribution in [0.2, 0.25) is 0 Å². The van der Waals surface area contributed by atoms with E-state index in [4.69, 9.17) is 28.5 Å². The molecule has 96 valence electrons. The van der Waals surface area contributed by atoms with E-state index in [-0.39, 0.29) is 5.91 Å². The first kappa shape index (κ1) is 13.7. The first-order valence-electron chi connectivity index (χ1n) is 5.42. The van der Waals surface area contributed by atoms with Gasteiger partial charge in [-0.05, 0) is 32.8 Å². The Kier molecular flexibility index (Phi) is 3.13. The third-order valence-electron chi connectivity index (χ3n) is 3.48. The second kappa shape index (κ2) is 4.12. The highest BCUT2D eigenvalue weighted by Crippen LogP contribution is 2.64. The zero-order valence-electron chi connectivity index (χ0n) is 10.2. The molecule has 0 saturated heterocycles. The maximum absolute atomic E-state index is 12.1. The normalized spacial score (nSPS) is 24.4. The van der Waals surface area contributed by atoms with Crippen molar-refractivity contribution in [1.29, 1.82) is 5.26 Å². The average molecular weight is 303 g/mol. The van der Waals surface area contributed by atoms with Crippen LogP contribution in [0.15, 0.2) is 0 Å². The molecular formula is C12H12Cl2N2OS. The zero-order chi connectivity index (χ0) is 13.7. The van der Waals surface area contributed by atoms with Crippen LogP contribution >= 0.6 is 34.5 Å². The third-order valence-corrected chi connectivity index (χ3v) is 5.71. The summed E-state index contributed by atoms with van der Waals surface area (Å²) in [7, 11) is 0. The Morgan fingerprint density at radius 3 is 2.50 bits per heavy atom. The molecule has 1 fully saturated rings. The monoisotopic (exact) mass is 302 g/mol. The molecule has 18 heavy (non-hydrogen) atoms. The molecule has 1 N–H and O–H groups in total. The molecule has 0 aliphatic heterocycles. The molecule has 0 aromatic carbocycles. The third kappa shape index (κ3) is 1.91. The summed E-state index contributed by atoms with van der Waals surface area (Å²) in [6, 6.07) is 2.11. The van der Waals surface area contributed by atoms with Gasteiger partial charge in [-0.2, -0.15) is 5.26 Å². The van der Waals surface area contributed by atoms with E-state index in [0.29, 0.717) is 17.0 Å². The summed E-state index contributed by atoms with van der Waals surface area (Å²) in [6.07, 6.45) is 0.431. The van der Waals surface area contributed by atoms with Crippen molar-refractivity contribution in [2.45, 2.75) is 31.5 Å². The van der Waals surface area contributed by atoms with Crippen LogP contribution in [0, 0.1) is 30.6 Å². The van der Waals surface area contributed by atoms with Crippen LogP contribution in [0.1, 0.15) is 29.3 Å². The van der Waals surface area contributed by atoms with Crippen molar-refractivity contribution in [2.75, 3.05) is 5.32 Å². The van der Waals surface area contributed by atoms with Gasteiger partial charge in [-0.3, -0.25) is 4.79 Å². The Bertz CT molecular complexity index is 573. The van der Waals surface area contributed by atoms with E-state index in [1.807, 2.05) is 13.8 Å². The highest BCUT2D eigenvalue weighted by molar-refractivity contribution is 7.16. The van der Waals surface area contributed by atoms with Gasteiger partial charge in [-0.15, -0.1) is 34.5 Å². The highest BCUT2D eigenvalue weighted by Gasteiger charge is 2.68. The van der Waals surface area contributed by atoms with Gasteiger partial charge < -0.3 is 5.32 Å². The molecule has 1 saturated carbocycles. The second-order valence-electron chi connectivity index (χ2n) is 4.77. The van der Waals surface area contributed by atoms with Gasteiger partial charge in [-0.25, -0.2) is 0 Å². The van der Waals surface area contributed by atoms with Gasteiger partial charge >= 0.3 is 0 Å². The first-order chi connectivity index (χ1) is 8.23. The van der Waals surface area contributed by atoms with Gasteiger partial charge in [-0.1, -0.05) is 0 Å². The number of halogens is 2.